The lowest BCUT2D eigenvalue weighted by atomic mass is 10.1. The first-order valence-corrected chi connectivity index (χ1v) is 10.8. The highest BCUT2D eigenvalue weighted by atomic mass is 32.2. The molecule has 136 valence electrons. The number of Topliss-reactive ketones (excluding diaryl/α,β-unsaturated/α-hetero) is 1. The van der Waals surface area contributed by atoms with Gasteiger partial charge in [-0.15, -0.1) is 0 Å². The van der Waals surface area contributed by atoms with Crippen LogP contribution in [0.4, 0.5) is 0 Å². The second-order valence-corrected chi connectivity index (χ2v) is 9.68. The highest BCUT2D eigenvalue weighted by Gasteiger charge is 2.38. The lowest BCUT2D eigenvalue weighted by Gasteiger charge is -2.07. The molecule has 2 aliphatic rings. The van der Waals surface area contributed by atoms with Gasteiger partial charge in [-0.2, -0.15) is 0 Å². The van der Waals surface area contributed by atoms with Gasteiger partial charge in [0.05, 0.1) is 14.7 Å². The van der Waals surface area contributed by atoms with E-state index in [0.717, 1.165) is 18.2 Å². The fraction of sp³-hybridized carbons (Fsp3) is 0. The molecular formula is C19H11O6S2-. The number of carbonyl (C=O) groups is 1. The molecule has 0 saturated heterocycles. The van der Waals surface area contributed by atoms with Crippen molar-refractivity contribution in [3.05, 3.63) is 87.7 Å². The summed E-state index contributed by atoms with van der Waals surface area (Å²) in [5.74, 6) is -1.33. The second-order valence-electron chi connectivity index (χ2n) is 5.91. The summed E-state index contributed by atoms with van der Waals surface area (Å²) in [7, 11) is -7.94. The van der Waals surface area contributed by atoms with Crippen LogP contribution in [0.25, 0.3) is 5.76 Å². The van der Waals surface area contributed by atoms with Gasteiger partial charge in [-0.1, -0.05) is 42.2 Å². The molecule has 4 rings (SSSR count). The quantitative estimate of drug-likeness (QED) is 0.710. The molecule has 0 saturated carbocycles. The number of fused-ring (bicyclic) bond motifs is 2. The molecule has 0 radical (unpaired) electrons. The predicted molar refractivity (Wildman–Crippen MR) is 95.7 cm³/mol. The normalized spacial score (nSPS) is 21.0. The molecule has 2 aromatic rings. The number of hydrogen-bond acceptors (Lipinski definition) is 6. The number of benzene rings is 2. The Bertz CT molecular complexity index is 1310. The van der Waals surface area contributed by atoms with E-state index in [4.69, 9.17) is 0 Å². The molecule has 2 heterocycles. The van der Waals surface area contributed by atoms with Gasteiger partial charge in [0, 0.05) is 5.56 Å². The van der Waals surface area contributed by atoms with Crippen molar-refractivity contribution in [1.29, 1.82) is 0 Å². The van der Waals surface area contributed by atoms with E-state index >= 15 is 0 Å². The van der Waals surface area contributed by atoms with E-state index in [-0.39, 0.29) is 20.9 Å². The third-order valence-electron chi connectivity index (χ3n) is 4.36. The van der Waals surface area contributed by atoms with Gasteiger partial charge in [0.15, 0.2) is 0 Å². The zero-order valence-electron chi connectivity index (χ0n) is 13.6. The summed E-state index contributed by atoms with van der Waals surface area (Å²) in [6.45, 7) is 0. The molecule has 0 bridgehead atoms. The third-order valence-corrected chi connectivity index (χ3v) is 8.04. The minimum atomic E-state index is -3.97. The Morgan fingerprint density at radius 2 is 1.33 bits per heavy atom. The van der Waals surface area contributed by atoms with E-state index < -0.39 is 41.0 Å². The van der Waals surface area contributed by atoms with Gasteiger partial charge < -0.3 is 5.11 Å². The van der Waals surface area contributed by atoms with Crippen LogP contribution in [-0.2, 0) is 19.7 Å². The Morgan fingerprint density at radius 1 is 0.778 bits per heavy atom. The van der Waals surface area contributed by atoms with Crippen molar-refractivity contribution in [1.82, 2.24) is 0 Å². The van der Waals surface area contributed by atoms with Crippen LogP contribution in [0.5, 0.6) is 0 Å². The highest BCUT2D eigenvalue weighted by Crippen LogP contribution is 2.37. The number of rotatable bonds is 2. The molecule has 8 heteroatoms. The monoisotopic (exact) mass is 399 g/mol. The Kier molecular flexibility index (Phi) is 3.72. The Morgan fingerprint density at radius 3 is 1.93 bits per heavy atom. The number of allylic oxidation sites excluding steroid dienone is 4. The van der Waals surface area contributed by atoms with Crippen LogP contribution in [0.1, 0.15) is 15.9 Å². The zero-order chi connectivity index (χ0) is 19.4. The van der Waals surface area contributed by atoms with E-state index in [0.29, 0.717) is 0 Å². The van der Waals surface area contributed by atoms with Gasteiger partial charge in [-0.25, -0.2) is 16.8 Å². The molecule has 27 heavy (non-hydrogen) atoms. The van der Waals surface area contributed by atoms with Crippen LogP contribution in [-0.4, -0.2) is 22.6 Å². The fourth-order valence-corrected chi connectivity index (χ4v) is 6.19. The summed E-state index contributed by atoms with van der Waals surface area (Å²) in [6.07, 6.45) is 3.15. The molecule has 2 aromatic carbocycles. The SMILES string of the molecule is O=C1/C(=C\C=C\C2=C([O-])c3ccccc3S2(=O)=O)S(=O)(=O)c2ccccc21. The number of sulfone groups is 2. The van der Waals surface area contributed by atoms with Gasteiger partial charge in [0.25, 0.3) is 0 Å². The first kappa shape index (κ1) is 17.4. The van der Waals surface area contributed by atoms with E-state index in [2.05, 4.69) is 0 Å². The molecule has 2 aliphatic heterocycles. The topological polar surface area (TPSA) is 108 Å². The van der Waals surface area contributed by atoms with E-state index in [1.807, 2.05) is 0 Å². The Labute approximate surface area is 155 Å². The van der Waals surface area contributed by atoms with E-state index in [1.54, 1.807) is 12.1 Å². The molecule has 0 N–H and O–H groups in total. The maximum absolute atomic E-state index is 12.5. The summed E-state index contributed by atoms with van der Waals surface area (Å²) in [4.78, 5) is 11.3. The number of ketones is 1. The number of hydrogen-bond donors (Lipinski definition) is 0. The summed E-state index contributed by atoms with van der Waals surface area (Å²) in [5, 5.41) is 12.3. The predicted octanol–water partition coefficient (Wildman–Crippen LogP) is 1.61. The molecule has 6 nitrogen and oxygen atoms in total. The van der Waals surface area contributed by atoms with Crippen molar-refractivity contribution in [2.75, 3.05) is 0 Å². The molecule has 0 fully saturated rings. The molecular weight excluding hydrogens is 388 g/mol. The maximum atomic E-state index is 12.5. The first-order valence-electron chi connectivity index (χ1n) is 7.79. The smallest absolute Gasteiger partial charge is 0.211 e. The van der Waals surface area contributed by atoms with Gasteiger partial charge >= 0.3 is 0 Å². The van der Waals surface area contributed by atoms with Crippen molar-refractivity contribution in [2.45, 2.75) is 9.79 Å². The van der Waals surface area contributed by atoms with Crippen LogP contribution < -0.4 is 5.11 Å². The molecule has 0 atom stereocenters. The number of carbonyl (C=O) groups excluding carboxylic acids is 1. The average Bonchev–Trinajstić information content (AvgIpc) is 2.96. The summed E-state index contributed by atoms with van der Waals surface area (Å²) in [5.41, 5.74) is 0.142. The van der Waals surface area contributed by atoms with Crippen LogP contribution >= 0.6 is 0 Å². The molecule has 0 aromatic heterocycles. The van der Waals surface area contributed by atoms with Gasteiger partial charge in [0.1, 0.15) is 4.91 Å². The molecule has 0 amide bonds. The summed E-state index contributed by atoms with van der Waals surface area (Å²) < 4.78 is 49.9. The molecule has 0 aliphatic carbocycles. The van der Waals surface area contributed by atoms with Crippen molar-refractivity contribution in [3.63, 3.8) is 0 Å². The lowest BCUT2D eigenvalue weighted by Crippen LogP contribution is -2.03. The third kappa shape index (κ3) is 2.41. The maximum Gasteiger partial charge on any atom is 0.211 e. The van der Waals surface area contributed by atoms with Crippen LogP contribution in [0.3, 0.4) is 0 Å². The highest BCUT2D eigenvalue weighted by molar-refractivity contribution is 7.97. The van der Waals surface area contributed by atoms with Gasteiger partial charge in [-0.05, 0) is 35.9 Å². The van der Waals surface area contributed by atoms with Gasteiger partial charge in [0.2, 0.25) is 25.5 Å². The van der Waals surface area contributed by atoms with Crippen molar-refractivity contribution in [2.24, 2.45) is 0 Å². The molecule has 0 unspecified atom stereocenters. The fourth-order valence-electron chi connectivity index (χ4n) is 3.08. The summed E-state index contributed by atoms with van der Waals surface area (Å²) >= 11 is 0. The Hall–Kier alpha value is -2.97. The van der Waals surface area contributed by atoms with Crippen LogP contribution in [0, 0.1) is 0 Å². The van der Waals surface area contributed by atoms with Crippen molar-refractivity contribution in [3.8, 4) is 0 Å². The van der Waals surface area contributed by atoms with Crippen LogP contribution in [0.2, 0.25) is 0 Å². The minimum absolute atomic E-state index is 0.0711. The standard InChI is InChI=1S/C19H12O6S2/c20-18-12-6-1-3-8-14(12)26(22,23)16(18)10-5-11-17-19(21)13-7-2-4-9-15(13)27(17,24)25/h1-11,20H/p-1/b10-5+,17-11+. The zero-order valence-corrected chi connectivity index (χ0v) is 15.2. The second kappa shape index (κ2) is 5.77. The lowest BCUT2D eigenvalue weighted by molar-refractivity contribution is -0.244. The van der Waals surface area contributed by atoms with Crippen molar-refractivity contribution >= 4 is 31.2 Å². The van der Waals surface area contributed by atoms with E-state index in [1.165, 1.54) is 36.4 Å². The van der Waals surface area contributed by atoms with Gasteiger partial charge in [-0.3, -0.25) is 4.79 Å². The summed E-state index contributed by atoms with van der Waals surface area (Å²) in [6, 6.07) is 11.6. The largest absolute Gasteiger partial charge is 0.871 e. The van der Waals surface area contributed by atoms with Crippen LogP contribution in [0.15, 0.2) is 86.4 Å². The average molecular weight is 399 g/mol. The van der Waals surface area contributed by atoms with E-state index in [9.17, 15) is 26.7 Å². The van der Waals surface area contributed by atoms with Crippen molar-refractivity contribution < 1.29 is 26.7 Å². The minimum Gasteiger partial charge on any atom is -0.871 e. The first-order chi connectivity index (χ1) is 12.8. The molecule has 0 spiro atoms. The Balaban J connectivity index is 1.76.